The number of rotatable bonds is 14. The fourth-order valence-corrected chi connectivity index (χ4v) is 1.93. The molecule has 25 heavy (non-hydrogen) atoms. The van der Waals surface area contributed by atoms with Crippen molar-refractivity contribution in [2.75, 3.05) is 13.2 Å². The molecule has 0 amide bonds. The van der Waals surface area contributed by atoms with Crippen molar-refractivity contribution in [1.82, 2.24) is 0 Å². The molecule has 0 aliphatic heterocycles. The van der Waals surface area contributed by atoms with E-state index in [-0.39, 0.29) is 11.9 Å². The Hall–Kier alpha value is -1.58. The molecule has 0 bridgehead atoms. The van der Waals surface area contributed by atoms with Gasteiger partial charge in [0.1, 0.15) is 0 Å². The Morgan fingerprint density at radius 2 is 1.24 bits per heavy atom. The third kappa shape index (κ3) is 22.4. The van der Waals surface area contributed by atoms with Crippen LogP contribution in [0.4, 0.5) is 0 Å². The van der Waals surface area contributed by atoms with Gasteiger partial charge in [-0.15, -0.1) is 0 Å². The SMILES string of the molecule is C=C(C)C(=O)OCCCCCC.C=CC(=O)OCCCCCCCC. The lowest BCUT2D eigenvalue weighted by molar-refractivity contribution is -0.139. The Labute approximate surface area is 154 Å². The maximum atomic E-state index is 10.9. The van der Waals surface area contributed by atoms with E-state index in [0.717, 1.165) is 25.7 Å². The van der Waals surface area contributed by atoms with Gasteiger partial charge in [-0.25, -0.2) is 9.59 Å². The number of carbonyl (C=O) groups is 2. The largest absolute Gasteiger partial charge is 0.463 e. The number of hydrogen-bond acceptors (Lipinski definition) is 4. The van der Waals surface area contributed by atoms with Gasteiger partial charge in [0.25, 0.3) is 0 Å². The number of esters is 2. The average Bonchev–Trinajstić information content (AvgIpc) is 2.60. The fourth-order valence-electron chi connectivity index (χ4n) is 1.93. The van der Waals surface area contributed by atoms with E-state index in [0.29, 0.717) is 18.8 Å². The summed E-state index contributed by atoms with van der Waals surface area (Å²) in [6, 6.07) is 0. The molecule has 0 unspecified atom stereocenters. The van der Waals surface area contributed by atoms with E-state index < -0.39 is 0 Å². The summed E-state index contributed by atoms with van der Waals surface area (Å²) in [5, 5.41) is 0. The maximum Gasteiger partial charge on any atom is 0.333 e. The van der Waals surface area contributed by atoms with Crippen LogP contribution in [0.3, 0.4) is 0 Å². The second kappa shape index (κ2) is 20.5. The van der Waals surface area contributed by atoms with Crippen LogP contribution >= 0.6 is 0 Å². The number of ether oxygens (including phenoxy) is 2. The third-order valence-electron chi connectivity index (χ3n) is 3.49. The highest BCUT2D eigenvalue weighted by atomic mass is 16.5. The van der Waals surface area contributed by atoms with Gasteiger partial charge in [0, 0.05) is 11.6 Å². The van der Waals surface area contributed by atoms with Gasteiger partial charge in [-0.1, -0.05) is 78.4 Å². The predicted molar refractivity (Wildman–Crippen MR) is 104 cm³/mol. The molecule has 0 N–H and O–H groups in total. The van der Waals surface area contributed by atoms with Crippen molar-refractivity contribution in [3.63, 3.8) is 0 Å². The molecular formula is C21H38O4. The van der Waals surface area contributed by atoms with Crippen LogP contribution in [0.15, 0.2) is 24.8 Å². The first-order valence-corrected chi connectivity index (χ1v) is 9.61. The summed E-state index contributed by atoms with van der Waals surface area (Å²) >= 11 is 0. The van der Waals surface area contributed by atoms with Gasteiger partial charge in [-0.2, -0.15) is 0 Å². The topological polar surface area (TPSA) is 52.6 Å². The van der Waals surface area contributed by atoms with Crippen LogP contribution in [0, 0.1) is 0 Å². The molecule has 0 spiro atoms. The lowest BCUT2D eigenvalue weighted by atomic mass is 10.1. The second-order valence-corrected chi connectivity index (χ2v) is 6.12. The van der Waals surface area contributed by atoms with E-state index in [4.69, 9.17) is 9.47 Å². The molecule has 0 rings (SSSR count). The molecular weight excluding hydrogens is 316 g/mol. The summed E-state index contributed by atoms with van der Waals surface area (Å²) in [7, 11) is 0. The van der Waals surface area contributed by atoms with Crippen molar-refractivity contribution >= 4 is 11.9 Å². The number of unbranched alkanes of at least 4 members (excludes halogenated alkanes) is 8. The Kier molecular flexibility index (Phi) is 21.0. The molecule has 0 atom stereocenters. The average molecular weight is 355 g/mol. The highest BCUT2D eigenvalue weighted by molar-refractivity contribution is 5.86. The van der Waals surface area contributed by atoms with Crippen molar-refractivity contribution in [1.29, 1.82) is 0 Å². The molecule has 4 heteroatoms. The third-order valence-corrected chi connectivity index (χ3v) is 3.49. The van der Waals surface area contributed by atoms with E-state index in [1.165, 1.54) is 44.6 Å². The van der Waals surface area contributed by atoms with Gasteiger partial charge in [-0.3, -0.25) is 0 Å². The molecule has 0 fully saturated rings. The van der Waals surface area contributed by atoms with Crippen LogP contribution < -0.4 is 0 Å². The first kappa shape index (κ1) is 25.7. The van der Waals surface area contributed by atoms with Crippen molar-refractivity contribution in [2.24, 2.45) is 0 Å². The van der Waals surface area contributed by atoms with E-state index in [1.54, 1.807) is 6.92 Å². The van der Waals surface area contributed by atoms with Crippen molar-refractivity contribution in [2.45, 2.75) is 85.0 Å². The molecule has 0 aliphatic rings. The molecule has 0 radical (unpaired) electrons. The van der Waals surface area contributed by atoms with Gasteiger partial charge in [0.15, 0.2) is 0 Å². The van der Waals surface area contributed by atoms with E-state index in [2.05, 4.69) is 27.0 Å². The zero-order valence-electron chi connectivity index (χ0n) is 16.6. The minimum Gasteiger partial charge on any atom is -0.463 e. The van der Waals surface area contributed by atoms with Crippen molar-refractivity contribution in [3.8, 4) is 0 Å². The summed E-state index contributed by atoms with van der Waals surface area (Å²) in [5.74, 6) is -0.583. The van der Waals surface area contributed by atoms with Gasteiger partial charge >= 0.3 is 11.9 Å². The second-order valence-electron chi connectivity index (χ2n) is 6.12. The van der Waals surface area contributed by atoms with Crippen molar-refractivity contribution in [3.05, 3.63) is 24.8 Å². The van der Waals surface area contributed by atoms with Crippen LogP contribution in [-0.4, -0.2) is 25.2 Å². The summed E-state index contributed by atoms with van der Waals surface area (Å²) in [6.07, 6.45) is 13.0. The monoisotopic (exact) mass is 354 g/mol. The van der Waals surface area contributed by atoms with Gasteiger partial charge in [0.2, 0.25) is 0 Å². The lowest BCUT2D eigenvalue weighted by Crippen LogP contribution is -2.05. The molecule has 0 heterocycles. The Morgan fingerprint density at radius 1 is 0.800 bits per heavy atom. The van der Waals surface area contributed by atoms with Crippen LogP contribution in [0.25, 0.3) is 0 Å². The Balaban J connectivity index is 0. The first-order valence-electron chi connectivity index (χ1n) is 9.61. The quantitative estimate of drug-likeness (QED) is 0.226. The van der Waals surface area contributed by atoms with E-state index in [1.807, 2.05) is 0 Å². The summed E-state index contributed by atoms with van der Waals surface area (Å²) in [5.41, 5.74) is 0.477. The van der Waals surface area contributed by atoms with E-state index in [9.17, 15) is 9.59 Å². The molecule has 0 aromatic heterocycles. The Bertz CT molecular complexity index is 361. The van der Waals surface area contributed by atoms with Crippen LogP contribution in [-0.2, 0) is 19.1 Å². The molecule has 0 aliphatic carbocycles. The van der Waals surface area contributed by atoms with Gasteiger partial charge in [-0.05, 0) is 19.8 Å². The molecule has 4 nitrogen and oxygen atoms in total. The van der Waals surface area contributed by atoms with Crippen LogP contribution in [0.2, 0.25) is 0 Å². The number of hydrogen-bond donors (Lipinski definition) is 0. The summed E-state index contributed by atoms with van der Waals surface area (Å²) in [4.78, 5) is 21.5. The van der Waals surface area contributed by atoms with E-state index >= 15 is 0 Å². The van der Waals surface area contributed by atoms with Gasteiger partial charge in [0.05, 0.1) is 13.2 Å². The smallest absolute Gasteiger partial charge is 0.333 e. The fraction of sp³-hybridized carbons (Fsp3) is 0.714. The lowest BCUT2D eigenvalue weighted by Gasteiger charge is -2.02. The summed E-state index contributed by atoms with van der Waals surface area (Å²) in [6.45, 7) is 13.9. The molecule has 146 valence electrons. The van der Waals surface area contributed by atoms with Crippen LogP contribution in [0.1, 0.15) is 85.0 Å². The molecule has 0 saturated heterocycles. The molecule has 0 saturated carbocycles. The van der Waals surface area contributed by atoms with Crippen molar-refractivity contribution < 1.29 is 19.1 Å². The zero-order chi connectivity index (χ0) is 19.3. The molecule has 0 aromatic rings. The minimum atomic E-state index is -0.312. The first-order chi connectivity index (χ1) is 12.0. The summed E-state index contributed by atoms with van der Waals surface area (Å²) < 4.78 is 9.75. The predicted octanol–water partition coefficient (Wildman–Crippen LogP) is 5.76. The van der Waals surface area contributed by atoms with Gasteiger partial charge < -0.3 is 9.47 Å². The highest BCUT2D eigenvalue weighted by Crippen LogP contribution is 2.04. The normalized spacial score (nSPS) is 9.56. The number of carbonyl (C=O) groups excluding carboxylic acids is 2. The van der Waals surface area contributed by atoms with Crippen LogP contribution in [0.5, 0.6) is 0 Å². The minimum absolute atomic E-state index is 0.272. The molecule has 0 aromatic carbocycles. The standard InChI is InChI=1S/C11H20O2.C10H18O2/c1-3-5-6-7-8-9-10-13-11(12)4-2;1-4-5-6-7-8-12-10(11)9(2)3/h4H,2-3,5-10H2,1H3;2,4-8H2,1,3H3. The zero-order valence-corrected chi connectivity index (χ0v) is 16.6. The maximum absolute atomic E-state index is 10.9. The Morgan fingerprint density at radius 3 is 1.72 bits per heavy atom. The highest BCUT2D eigenvalue weighted by Gasteiger charge is 2.01.